The van der Waals surface area contributed by atoms with Gasteiger partial charge in [0.15, 0.2) is 0 Å². The number of likely N-dealkylation sites (N-methyl/N-ethyl adjacent to an activating group) is 1. The van der Waals surface area contributed by atoms with Gasteiger partial charge in [-0.05, 0) is 56.8 Å². The summed E-state index contributed by atoms with van der Waals surface area (Å²) in [6.45, 7) is 18.3. The van der Waals surface area contributed by atoms with E-state index in [4.69, 9.17) is 0 Å². The molecule has 0 fully saturated rings. The molecule has 1 N–H and O–H groups in total. The summed E-state index contributed by atoms with van der Waals surface area (Å²) >= 11 is 1.77. The molecule has 0 saturated heterocycles. The van der Waals surface area contributed by atoms with Gasteiger partial charge in [-0.3, -0.25) is 0 Å². The molecule has 1 nitrogen and oxygen atoms in total. The zero-order valence-corrected chi connectivity index (χ0v) is 18.8. The maximum absolute atomic E-state index is 3.57. The first kappa shape index (κ1) is 24.4. The van der Waals surface area contributed by atoms with E-state index in [9.17, 15) is 0 Å². The number of benzene rings is 1. The van der Waals surface area contributed by atoms with Crippen molar-refractivity contribution in [1.82, 2.24) is 5.32 Å². The van der Waals surface area contributed by atoms with Gasteiger partial charge >= 0.3 is 0 Å². The van der Waals surface area contributed by atoms with Crippen LogP contribution in [0.5, 0.6) is 0 Å². The van der Waals surface area contributed by atoms with Crippen LogP contribution in [0.2, 0.25) is 0 Å². The van der Waals surface area contributed by atoms with Gasteiger partial charge in [0.05, 0.1) is 0 Å². The average molecular weight is 372 g/mol. The van der Waals surface area contributed by atoms with Gasteiger partial charge in [0.2, 0.25) is 0 Å². The fourth-order valence-electron chi connectivity index (χ4n) is 2.20. The van der Waals surface area contributed by atoms with Crippen molar-refractivity contribution in [3.8, 4) is 0 Å². The third-order valence-electron chi connectivity index (χ3n) is 3.33. The molecule has 26 heavy (non-hydrogen) atoms. The number of aryl methyl sites for hydroxylation is 1. The minimum absolute atomic E-state index is 0.681. The highest BCUT2D eigenvalue weighted by atomic mass is 32.1. The lowest BCUT2D eigenvalue weighted by Crippen LogP contribution is -2.28. The fraction of sp³-hybridized carbons (Fsp3) is 0.458. The van der Waals surface area contributed by atoms with E-state index in [0.29, 0.717) is 6.04 Å². The van der Waals surface area contributed by atoms with Crippen LogP contribution in [-0.4, -0.2) is 13.1 Å². The number of thiophene rings is 1. The van der Waals surface area contributed by atoms with Crippen molar-refractivity contribution in [3.05, 3.63) is 58.7 Å². The molecule has 1 atom stereocenters. The molecular weight excluding hydrogens is 334 g/mol. The van der Waals surface area contributed by atoms with Gasteiger partial charge in [0.1, 0.15) is 0 Å². The van der Waals surface area contributed by atoms with Crippen molar-refractivity contribution in [2.45, 2.75) is 60.9 Å². The fourth-order valence-corrected chi connectivity index (χ4v) is 3.15. The number of nitrogens with one attached hydrogen (secondary N) is 1. The molecule has 0 aliphatic heterocycles. The van der Waals surface area contributed by atoms with Gasteiger partial charge < -0.3 is 5.32 Å². The highest BCUT2D eigenvalue weighted by molar-refractivity contribution is 7.19. The zero-order chi connectivity index (χ0) is 20.1. The van der Waals surface area contributed by atoms with Crippen LogP contribution in [0.15, 0.2) is 48.2 Å². The third kappa shape index (κ3) is 9.77. The van der Waals surface area contributed by atoms with Crippen LogP contribution in [-0.2, 0) is 0 Å². The average Bonchev–Trinajstić information content (AvgIpc) is 2.95. The van der Waals surface area contributed by atoms with Crippen LogP contribution in [0.25, 0.3) is 16.2 Å². The Labute approximate surface area is 165 Å². The van der Waals surface area contributed by atoms with Crippen LogP contribution in [0.1, 0.15) is 58.4 Å². The third-order valence-corrected chi connectivity index (χ3v) is 4.40. The second-order valence-corrected chi connectivity index (χ2v) is 8.00. The first-order chi connectivity index (χ1) is 12.3. The molecule has 1 aromatic carbocycles. The first-order valence-corrected chi connectivity index (χ1v) is 10.4. The maximum atomic E-state index is 3.57. The number of hydrogen-bond acceptors (Lipinski definition) is 2. The van der Waals surface area contributed by atoms with Crippen molar-refractivity contribution in [3.63, 3.8) is 0 Å². The lowest BCUT2D eigenvalue weighted by molar-refractivity contribution is 0.605. The summed E-state index contributed by atoms with van der Waals surface area (Å²) in [5.74, 6) is 0.833. The first-order valence-electron chi connectivity index (χ1n) is 9.56. The number of rotatable bonds is 2. The van der Waals surface area contributed by atoms with E-state index in [0.717, 1.165) is 5.92 Å². The Morgan fingerprint density at radius 1 is 1.19 bits per heavy atom. The molecule has 2 aromatic rings. The maximum Gasteiger partial charge on any atom is 0.0359 e. The standard InChI is InChI=1S/C12H10S.C6H11N.C4H10.C2H6/c1-3-4-11-8-10-7-9(2)5-6-12(10)13-11;1-5-3-6(4-5)7-2;1-4(2)3;1-2/h4-8H,1H2,2H3;3,6-7H,4H2,1-2H3;4H,1-3H3;1-2H3. The monoisotopic (exact) mass is 371 g/mol. The van der Waals surface area contributed by atoms with Gasteiger partial charge in [-0.1, -0.05) is 70.5 Å². The number of hydrogen-bond donors (Lipinski definition) is 1. The summed E-state index contributed by atoms with van der Waals surface area (Å²) in [7, 11) is 1.99. The molecule has 0 radical (unpaired) electrons. The van der Waals surface area contributed by atoms with E-state index in [1.54, 1.807) is 11.3 Å². The summed E-state index contributed by atoms with van der Waals surface area (Å²) in [5.41, 5.74) is 5.61. The predicted octanol–water partition coefficient (Wildman–Crippen LogP) is 7.62. The molecule has 3 rings (SSSR count). The van der Waals surface area contributed by atoms with Crippen molar-refractivity contribution < 1.29 is 0 Å². The Hall–Kier alpha value is -1.60. The quantitative estimate of drug-likeness (QED) is 0.423. The molecule has 1 aliphatic rings. The van der Waals surface area contributed by atoms with Crippen molar-refractivity contribution in [2.75, 3.05) is 7.05 Å². The molecule has 1 aromatic heterocycles. The van der Waals surface area contributed by atoms with Gasteiger partial charge in [-0.15, -0.1) is 17.1 Å². The summed E-state index contributed by atoms with van der Waals surface area (Å²) in [5, 5.41) is 4.47. The van der Waals surface area contributed by atoms with E-state index >= 15 is 0 Å². The predicted molar refractivity (Wildman–Crippen MR) is 123 cm³/mol. The molecule has 1 heterocycles. The van der Waals surface area contributed by atoms with Gasteiger partial charge in [0.25, 0.3) is 0 Å². The summed E-state index contributed by atoms with van der Waals surface area (Å²) in [6.07, 6.45) is 5.41. The molecule has 144 valence electrons. The zero-order valence-electron chi connectivity index (χ0n) is 17.9. The van der Waals surface area contributed by atoms with E-state index in [1.165, 1.54) is 32.5 Å². The summed E-state index contributed by atoms with van der Waals surface area (Å²) in [6, 6.07) is 9.35. The van der Waals surface area contributed by atoms with E-state index in [2.05, 4.69) is 82.6 Å². The van der Waals surface area contributed by atoms with Crippen molar-refractivity contribution >= 4 is 27.5 Å². The van der Waals surface area contributed by atoms with E-state index in [1.807, 2.05) is 27.0 Å². The Morgan fingerprint density at radius 3 is 2.19 bits per heavy atom. The molecule has 0 bridgehead atoms. The molecule has 2 heteroatoms. The molecule has 0 amide bonds. The normalized spacial score (nSPS) is 14.3. The molecule has 0 saturated carbocycles. The smallest absolute Gasteiger partial charge is 0.0359 e. The van der Waals surface area contributed by atoms with Crippen LogP contribution < -0.4 is 5.32 Å². The van der Waals surface area contributed by atoms with Crippen LogP contribution in [0.3, 0.4) is 0 Å². The Kier molecular flexibility index (Phi) is 12.7. The van der Waals surface area contributed by atoms with Crippen LogP contribution in [0.4, 0.5) is 0 Å². The Morgan fingerprint density at radius 2 is 1.77 bits per heavy atom. The highest BCUT2D eigenvalue weighted by Crippen LogP contribution is 2.26. The lowest BCUT2D eigenvalue weighted by Gasteiger charge is -2.21. The molecule has 0 spiro atoms. The molecule has 1 aliphatic carbocycles. The van der Waals surface area contributed by atoms with E-state index < -0.39 is 0 Å². The largest absolute Gasteiger partial charge is 0.313 e. The highest BCUT2D eigenvalue weighted by Gasteiger charge is 2.11. The molecular formula is C24H37NS. The van der Waals surface area contributed by atoms with Gasteiger partial charge in [-0.2, -0.15) is 0 Å². The SMILES string of the molecule is C=C=Cc1cc2cc(C)ccc2s1.CC.CC(C)C.CNC1C=C(C)C1. The van der Waals surface area contributed by atoms with Crippen LogP contribution >= 0.6 is 11.3 Å². The summed E-state index contributed by atoms with van der Waals surface area (Å²) in [4.78, 5) is 1.22. The van der Waals surface area contributed by atoms with E-state index in [-0.39, 0.29) is 0 Å². The molecule has 1 unspecified atom stereocenters. The van der Waals surface area contributed by atoms with Crippen molar-refractivity contribution in [2.24, 2.45) is 5.92 Å². The second-order valence-electron chi connectivity index (χ2n) is 6.88. The number of fused-ring (bicyclic) bond motifs is 1. The minimum atomic E-state index is 0.681. The lowest BCUT2D eigenvalue weighted by atomic mass is 9.95. The Bertz CT molecular complexity index is 712. The topological polar surface area (TPSA) is 12.0 Å². The van der Waals surface area contributed by atoms with Crippen molar-refractivity contribution in [1.29, 1.82) is 0 Å². The second kappa shape index (κ2) is 13.6. The Balaban J connectivity index is 0.000000406. The minimum Gasteiger partial charge on any atom is -0.313 e. The van der Waals surface area contributed by atoms with Gasteiger partial charge in [-0.25, -0.2) is 0 Å². The van der Waals surface area contributed by atoms with Crippen LogP contribution in [0, 0.1) is 12.8 Å². The summed E-state index contributed by atoms with van der Waals surface area (Å²) < 4.78 is 1.33. The van der Waals surface area contributed by atoms with Gasteiger partial charge in [0, 0.05) is 15.6 Å².